The second-order valence-corrected chi connectivity index (χ2v) is 6.76. The summed E-state index contributed by atoms with van der Waals surface area (Å²) in [6, 6.07) is 10.8. The maximum absolute atomic E-state index is 12.3. The summed E-state index contributed by atoms with van der Waals surface area (Å²) in [5.74, 6) is 3.13. The number of hydrogen-bond acceptors (Lipinski definition) is 8. The first-order valence-corrected chi connectivity index (χ1v) is 9.73. The van der Waals surface area contributed by atoms with Crippen molar-refractivity contribution in [2.45, 2.75) is 6.54 Å². The van der Waals surface area contributed by atoms with Crippen LogP contribution in [0.25, 0.3) is 17.4 Å². The lowest BCUT2D eigenvalue weighted by molar-refractivity contribution is -0.116. The molecule has 1 amide bonds. The van der Waals surface area contributed by atoms with Gasteiger partial charge in [-0.3, -0.25) is 4.79 Å². The first kappa shape index (κ1) is 21.1. The molecule has 2 heterocycles. The van der Waals surface area contributed by atoms with E-state index in [2.05, 4.69) is 10.5 Å². The van der Waals surface area contributed by atoms with Crippen LogP contribution in [-0.2, 0) is 11.3 Å². The fourth-order valence-electron chi connectivity index (χ4n) is 3.19. The molecule has 0 spiro atoms. The Hall–Kier alpha value is -4.14. The fraction of sp³-hybridized carbons (Fsp3) is 0.217. The first-order chi connectivity index (χ1) is 15.6. The van der Waals surface area contributed by atoms with E-state index < -0.39 is 0 Å². The highest BCUT2D eigenvalue weighted by molar-refractivity contribution is 5.91. The van der Waals surface area contributed by atoms with E-state index in [0.717, 1.165) is 11.1 Å². The molecule has 166 valence electrons. The van der Waals surface area contributed by atoms with Crippen molar-refractivity contribution in [2.75, 3.05) is 28.1 Å². The van der Waals surface area contributed by atoms with Crippen molar-refractivity contribution in [1.29, 1.82) is 0 Å². The number of methoxy groups -OCH3 is 3. The van der Waals surface area contributed by atoms with E-state index in [9.17, 15) is 4.79 Å². The van der Waals surface area contributed by atoms with Gasteiger partial charge in [0.25, 0.3) is 0 Å². The van der Waals surface area contributed by atoms with Crippen molar-refractivity contribution in [1.82, 2.24) is 10.5 Å². The van der Waals surface area contributed by atoms with E-state index in [1.165, 1.54) is 27.4 Å². The molecule has 0 saturated carbocycles. The van der Waals surface area contributed by atoms with Crippen LogP contribution in [0.15, 0.2) is 47.0 Å². The number of carbonyl (C=O) groups excluding carboxylic acids is 1. The van der Waals surface area contributed by atoms with Gasteiger partial charge in [0.1, 0.15) is 5.69 Å². The Bertz CT molecular complexity index is 1130. The van der Waals surface area contributed by atoms with Gasteiger partial charge in [-0.05, 0) is 42.0 Å². The molecule has 0 unspecified atom stereocenters. The number of nitrogens with zero attached hydrogens (tertiary/aromatic N) is 1. The zero-order chi connectivity index (χ0) is 22.5. The number of aromatic nitrogens is 1. The minimum Gasteiger partial charge on any atom is -0.493 e. The smallest absolute Gasteiger partial charge is 0.244 e. The van der Waals surface area contributed by atoms with Gasteiger partial charge in [-0.15, -0.1) is 0 Å². The summed E-state index contributed by atoms with van der Waals surface area (Å²) >= 11 is 0. The van der Waals surface area contributed by atoms with Crippen LogP contribution in [0.2, 0.25) is 0 Å². The monoisotopic (exact) mass is 438 g/mol. The van der Waals surface area contributed by atoms with E-state index in [1.54, 1.807) is 24.3 Å². The molecule has 2 aromatic carbocycles. The summed E-state index contributed by atoms with van der Waals surface area (Å²) in [7, 11) is 4.60. The van der Waals surface area contributed by atoms with Crippen molar-refractivity contribution < 1.29 is 33.0 Å². The average Bonchev–Trinajstić information content (AvgIpc) is 3.49. The van der Waals surface area contributed by atoms with E-state index in [1.807, 2.05) is 18.2 Å². The molecular weight excluding hydrogens is 416 g/mol. The zero-order valence-corrected chi connectivity index (χ0v) is 17.8. The van der Waals surface area contributed by atoms with Gasteiger partial charge < -0.3 is 33.5 Å². The van der Waals surface area contributed by atoms with Crippen molar-refractivity contribution >= 4 is 12.0 Å². The summed E-state index contributed by atoms with van der Waals surface area (Å²) in [5.41, 5.74) is 2.12. The number of ether oxygens (including phenoxy) is 5. The molecule has 1 aliphatic rings. The van der Waals surface area contributed by atoms with Crippen LogP contribution in [0.1, 0.15) is 11.3 Å². The number of carbonyl (C=O) groups is 1. The average molecular weight is 438 g/mol. The molecule has 1 aromatic heterocycles. The van der Waals surface area contributed by atoms with Gasteiger partial charge in [-0.25, -0.2) is 0 Å². The quantitative estimate of drug-likeness (QED) is 0.534. The van der Waals surface area contributed by atoms with Crippen LogP contribution in [-0.4, -0.2) is 39.2 Å². The molecule has 0 saturated heterocycles. The minimum atomic E-state index is -0.286. The number of rotatable bonds is 8. The Morgan fingerprint density at radius 3 is 2.50 bits per heavy atom. The normalized spacial score (nSPS) is 12.1. The van der Waals surface area contributed by atoms with Gasteiger partial charge in [0.05, 0.1) is 27.9 Å². The second-order valence-electron chi connectivity index (χ2n) is 6.76. The number of fused-ring (bicyclic) bond motifs is 1. The predicted molar refractivity (Wildman–Crippen MR) is 115 cm³/mol. The van der Waals surface area contributed by atoms with Gasteiger partial charge in [-0.2, -0.15) is 0 Å². The van der Waals surface area contributed by atoms with Crippen LogP contribution >= 0.6 is 0 Å². The van der Waals surface area contributed by atoms with Crippen LogP contribution in [0.3, 0.4) is 0 Å². The number of hydrogen-bond donors (Lipinski definition) is 1. The summed E-state index contributed by atoms with van der Waals surface area (Å²) in [6.07, 6.45) is 3.07. The SMILES string of the molecule is COc1cc(/C=C\C(=O)NCc2cc(-c3ccc4c(c3)OCO4)on2)cc(OC)c1OC. The Morgan fingerprint density at radius 1 is 1.03 bits per heavy atom. The van der Waals surface area contributed by atoms with Crippen LogP contribution in [0.5, 0.6) is 28.7 Å². The van der Waals surface area contributed by atoms with E-state index >= 15 is 0 Å². The number of amides is 1. The summed E-state index contributed by atoms with van der Waals surface area (Å²) < 4.78 is 32.0. The molecule has 32 heavy (non-hydrogen) atoms. The highest BCUT2D eigenvalue weighted by atomic mass is 16.7. The van der Waals surface area contributed by atoms with Crippen LogP contribution in [0.4, 0.5) is 0 Å². The highest BCUT2D eigenvalue weighted by Gasteiger charge is 2.16. The van der Waals surface area contributed by atoms with E-state index in [0.29, 0.717) is 40.2 Å². The summed E-state index contributed by atoms with van der Waals surface area (Å²) in [5, 5.41) is 6.78. The third kappa shape index (κ3) is 4.46. The number of nitrogens with one attached hydrogen (secondary N) is 1. The van der Waals surface area contributed by atoms with Crippen LogP contribution in [0, 0.1) is 0 Å². The molecule has 1 N–H and O–H groups in total. The standard InChI is InChI=1S/C23H22N2O7/c1-27-20-8-14(9-21(28-2)23(20)29-3)4-7-22(26)24-12-16-11-18(32-25-16)15-5-6-17-19(10-15)31-13-30-17/h4-11H,12-13H2,1-3H3,(H,24,26)/b7-4-. The van der Waals surface area contributed by atoms with E-state index in [-0.39, 0.29) is 19.2 Å². The Morgan fingerprint density at radius 2 is 1.78 bits per heavy atom. The largest absolute Gasteiger partial charge is 0.493 e. The zero-order valence-electron chi connectivity index (χ0n) is 17.8. The van der Waals surface area contributed by atoms with Gasteiger partial charge >= 0.3 is 0 Å². The molecule has 4 rings (SSSR count). The third-order valence-corrected chi connectivity index (χ3v) is 4.77. The molecule has 0 radical (unpaired) electrons. The lowest BCUT2D eigenvalue weighted by Crippen LogP contribution is -2.20. The Kier molecular flexibility index (Phi) is 6.16. The van der Waals surface area contributed by atoms with Gasteiger partial charge in [0.15, 0.2) is 28.8 Å². The molecule has 0 bridgehead atoms. The third-order valence-electron chi connectivity index (χ3n) is 4.77. The van der Waals surface area contributed by atoms with Gasteiger partial charge in [-0.1, -0.05) is 5.16 Å². The van der Waals surface area contributed by atoms with Crippen LogP contribution < -0.4 is 29.0 Å². The summed E-state index contributed by atoms with van der Waals surface area (Å²) in [4.78, 5) is 12.3. The molecule has 0 aliphatic carbocycles. The number of benzene rings is 2. The van der Waals surface area contributed by atoms with Gasteiger partial charge in [0, 0.05) is 17.7 Å². The van der Waals surface area contributed by atoms with Crippen molar-refractivity contribution in [3.63, 3.8) is 0 Å². The Labute approximate surface area is 184 Å². The predicted octanol–water partition coefficient (Wildman–Crippen LogP) is 3.43. The molecule has 1 aliphatic heterocycles. The topological polar surface area (TPSA) is 101 Å². The molecule has 0 atom stereocenters. The molecule has 0 fully saturated rings. The molecule has 3 aromatic rings. The van der Waals surface area contributed by atoms with Crippen molar-refractivity contribution in [2.24, 2.45) is 0 Å². The minimum absolute atomic E-state index is 0.204. The lowest BCUT2D eigenvalue weighted by Gasteiger charge is -2.12. The molecular formula is C23H22N2O7. The second kappa shape index (κ2) is 9.34. The Balaban J connectivity index is 1.38. The van der Waals surface area contributed by atoms with E-state index in [4.69, 9.17) is 28.2 Å². The molecule has 9 nitrogen and oxygen atoms in total. The lowest BCUT2D eigenvalue weighted by atomic mass is 10.1. The molecule has 9 heteroatoms. The van der Waals surface area contributed by atoms with Crippen molar-refractivity contribution in [3.05, 3.63) is 53.7 Å². The van der Waals surface area contributed by atoms with Gasteiger partial charge in [0.2, 0.25) is 18.4 Å². The highest BCUT2D eigenvalue weighted by Crippen LogP contribution is 2.38. The summed E-state index contributed by atoms with van der Waals surface area (Å²) in [6.45, 7) is 0.419. The fourth-order valence-corrected chi connectivity index (χ4v) is 3.19. The first-order valence-electron chi connectivity index (χ1n) is 9.73. The maximum atomic E-state index is 12.3. The van der Waals surface area contributed by atoms with Crippen molar-refractivity contribution in [3.8, 4) is 40.1 Å². The maximum Gasteiger partial charge on any atom is 0.244 e.